The molecule has 0 saturated carbocycles. The molecule has 1 rings (SSSR count). The summed E-state index contributed by atoms with van der Waals surface area (Å²) < 4.78 is 8.71. The Morgan fingerprint density at radius 1 is 1.14 bits per heavy atom. The molecule has 0 bridgehead atoms. The van der Waals surface area contributed by atoms with E-state index < -0.39 is 36.9 Å². The van der Waals surface area contributed by atoms with Crippen LogP contribution in [0.15, 0.2) is 0 Å². The van der Waals surface area contributed by atoms with Crippen LogP contribution >= 0.6 is 0 Å². The van der Waals surface area contributed by atoms with Gasteiger partial charge in [-0.1, -0.05) is 6.92 Å². The Bertz CT molecular complexity index is 293. The van der Waals surface area contributed by atoms with Crippen LogP contribution in [-0.2, 0) is 28.5 Å². The van der Waals surface area contributed by atoms with Gasteiger partial charge in [0.05, 0.1) is 6.32 Å². The van der Waals surface area contributed by atoms with Crippen LogP contribution in [0.2, 0.25) is 6.32 Å². The van der Waals surface area contributed by atoms with Gasteiger partial charge in [-0.05, 0) is 0 Å². The summed E-state index contributed by atoms with van der Waals surface area (Å²) in [6.07, 6.45) is -0.322. The number of hydrogen-bond acceptors (Lipinski definition) is 6. The van der Waals surface area contributed by atoms with Crippen molar-refractivity contribution < 1.29 is 28.5 Å². The van der Waals surface area contributed by atoms with Crippen molar-refractivity contribution in [3.63, 3.8) is 0 Å². The molecule has 7 heteroatoms. The summed E-state index contributed by atoms with van der Waals surface area (Å²) in [6, 6.07) is 0. The highest BCUT2D eigenvalue weighted by Crippen LogP contribution is 2.08. The molecular weight excluding hydrogens is 191 g/mol. The van der Waals surface area contributed by atoms with Crippen molar-refractivity contribution >= 4 is 30.6 Å². The number of carbonyl (C=O) groups is 4. The van der Waals surface area contributed by atoms with E-state index in [1.54, 1.807) is 0 Å². The summed E-state index contributed by atoms with van der Waals surface area (Å²) in [5, 5.41) is 0. The molecule has 1 fully saturated rings. The highest BCUT2D eigenvalue weighted by Gasteiger charge is 2.42. The minimum absolute atomic E-state index is 0.0768. The summed E-state index contributed by atoms with van der Waals surface area (Å²) in [6.45, 7) is 1.53. The molecular formula is C7H7BO6. The van der Waals surface area contributed by atoms with Gasteiger partial charge in [0.2, 0.25) is 0 Å². The highest BCUT2D eigenvalue weighted by atomic mass is 16.7. The maximum Gasteiger partial charge on any atom is 0.607 e. The third-order valence-corrected chi connectivity index (χ3v) is 1.63. The van der Waals surface area contributed by atoms with E-state index in [2.05, 4.69) is 9.31 Å². The fraction of sp³-hybridized carbons (Fsp3) is 0.429. The average molecular weight is 198 g/mol. The lowest BCUT2D eigenvalue weighted by molar-refractivity contribution is -0.150. The summed E-state index contributed by atoms with van der Waals surface area (Å²) >= 11 is 0. The van der Waals surface area contributed by atoms with Crippen LogP contribution in [0.3, 0.4) is 0 Å². The first-order valence-corrected chi connectivity index (χ1v) is 4.02. The normalized spacial score (nSPS) is 15.1. The van der Waals surface area contributed by atoms with Gasteiger partial charge in [0.25, 0.3) is 0 Å². The van der Waals surface area contributed by atoms with Gasteiger partial charge in [0.15, 0.2) is 11.6 Å². The van der Waals surface area contributed by atoms with Crippen LogP contribution < -0.4 is 0 Å². The van der Waals surface area contributed by atoms with E-state index in [9.17, 15) is 19.2 Å². The molecule has 0 radical (unpaired) electrons. The first-order chi connectivity index (χ1) is 6.54. The van der Waals surface area contributed by atoms with Crippen molar-refractivity contribution in [2.45, 2.75) is 19.7 Å². The molecule has 74 valence electrons. The van der Waals surface area contributed by atoms with Crippen molar-refractivity contribution in [2.75, 3.05) is 0 Å². The summed E-state index contributed by atoms with van der Waals surface area (Å²) in [5.41, 5.74) is 0. The molecule has 0 unspecified atom stereocenters. The van der Waals surface area contributed by atoms with Gasteiger partial charge in [-0.15, -0.1) is 0 Å². The third kappa shape index (κ3) is 2.18. The maximum atomic E-state index is 11.0. The summed E-state index contributed by atoms with van der Waals surface area (Å²) in [7, 11) is -1.24. The van der Waals surface area contributed by atoms with Crippen LogP contribution in [-0.4, -0.2) is 30.6 Å². The fourth-order valence-corrected chi connectivity index (χ4v) is 0.905. The van der Waals surface area contributed by atoms with E-state index in [1.807, 2.05) is 0 Å². The molecule has 14 heavy (non-hydrogen) atoms. The van der Waals surface area contributed by atoms with Gasteiger partial charge < -0.3 is 9.31 Å². The predicted molar refractivity (Wildman–Crippen MR) is 43.1 cm³/mol. The van der Waals surface area contributed by atoms with Gasteiger partial charge in [-0.25, -0.2) is 9.59 Å². The monoisotopic (exact) mass is 198 g/mol. The lowest BCUT2D eigenvalue weighted by Crippen LogP contribution is -2.24. The third-order valence-electron chi connectivity index (χ3n) is 1.63. The van der Waals surface area contributed by atoms with E-state index >= 15 is 0 Å². The van der Waals surface area contributed by atoms with Crippen LogP contribution in [0.5, 0.6) is 0 Å². The van der Waals surface area contributed by atoms with Crippen LogP contribution in [0.25, 0.3) is 0 Å². The zero-order valence-corrected chi connectivity index (χ0v) is 7.44. The Morgan fingerprint density at radius 3 is 2.07 bits per heavy atom. The van der Waals surface area contributed by atoms with E-state index in [0.717, 1.165) is 0 Å². The smallest absolute Gasteiger partial charge is 0.490 e. The Balaban J connectivity index is 2.47. The van der Waals surface area contributed by atoms with E-state index in [-0.39, 0.29) is 6.42 Å². The number of carbonyl (C=O) groups excluding carboxylic acids is 4. The highest BCUT2D eigenvalue weighted by molar-refractivity contribution is 6.65. The average Bonchev–Trinajstić information content (AvgIpc) is 2.44. The van der Waals surface area contributed by atoms with Crippen molar-refractivity contribution in [2.24, 2.45) is 0 Å². The van der Waals surface area contributed by atoms with Crippen molar-refractivity contribution in [3.8, 4) is 0 Å². The van der Waals surface area contributed by atoms with Crippen LogP contribution in [0.1, 0.15) is 13.3 Å². The van der Waals surface area contributed by atoms with Crippen LogP contribution in [0.4, 0.5) is 0 Å². The topological polar surface area (TPSA) is 86.7 Å². The predicted octanol–water partition coefficient (Wildman–Crippen LogP) is -0.877. The van der Waals surface area contributed by atoms with E-state index in [4.69, 9.17) is 0 Å². The Hall–Kier alpha value is -1.66. The van der Waals surface area contributed by atoms with Gasteiger partial charge >= 0.3 is 19.1 Å². The number of Topliss-reactive ketones (excluding diaryl/α,β-unsaturated/α-hetero) is 2. The second kappa shape index (κ2) is 4.04. The quantitative estimate of drug-likeness (QED) is 0.430. The maximum absolute atomic E-state index is 11.0. The van der Waals surface area contributed by atoms with E-state index in [1.165, 1.54) is 6.92 Å². The van der Waals surface area contributed by atoms with Crippen molar-refractivity contribution in [3.05, 3.63) is 0 Å². The lowest BCUT2D eigenvalue weighted by Gasteiger charge is -1.99. The standard InChI is InChI=1S/C7H7BO6/c1-2-4(9)5(10)3-8-13-6(11)7(12)14-8/h2-3H2,1H3. The number of hydrogen-bond donors (Lipinski definition) is 0. The molecule has 0 amide bonds. The minimum Gasteiger partial charge on any atom is -0.490 e. The molecule has 0 aromatic heterocycles. The number of rotatable bonds is 4. The second-order valence-electron chi connectivity index (χ2n) is 2.64. The van der Waals surface area contributed by atoms with Gasteiger partial charge in [-0.3, -0.25) is 9.59 Å². The molecule has 1 aliphatic rings. The number of ketones is 2. The molecule has 1 heterocycles. The molecule has 1 aliphatic heterocycles. The van der Waals surface area contributed by atoms with Gasteiger partial charge in [0, 0.05) is 6.42 Å². The molecule has 0 aromatic carbocycles. The molecule has 0 atom stereocenters. The van der Waals surface area contributed by atoms with Crippen LogP contribution in [0, 0.1) is 0 Å². The van der Waals surface area contributed by atoms with Gasteiger partial charge in [0.1, 0.15) is 0 Å². The molecule has 1 saturated heterocycles. The minimum atomic E-state index is -1.24. The lowest BCUT2D eigenvalue weighted by atomic mass is 9.81. The second-order valence-corrected chi connectivity index (χ2v) is 2.64. The Morgan fingerprint density at radius 2 is 1.64 bits per heavy atom. The molecule has 0 N–H and O–H groups in total. The molecule has 0 aromatic rings. The Kier molecular flexibility index (Phi) is 3.01. The molecule has 6 nitrogen and oxygen atoms in total. The SMILES string of the molecule is CCC(=O)C(=O)CB1OC(=O)C(=O)O1. The van der Waals surface area contributed by atoms with Crippen molar-refractivity contribution in [1.82, 2.24) is 0 Å². The first-order valence-electron chi connectivity index (χ1n) is 4.02. The van der Waals surface area contributed by atoms with E-state index in [0.29, 0.717) is 0 Å². The molecule has 0 aliphatic carbocycles. The zero-order chi connectivity index (χ0) is 10.7. The first kappa shape index (κ1) is 10.4. The van der Waals surface area contributed by atoms with Gasteiger partial charge in [-0.2, -0.15) is 0 Å². The Labute approximate surface area is 79.7 Å². The molecule has 0 spiro atoms. The largest absolute Gasteiger partial charge is 0.607 e. The summed E-state index contributed by atoms with van der Waals surface area (Å²) in [5.74, 6) is -3.55. The summed E-state index contributed by atoms with van der Waals surface area (Å²) in [4.78, 5) is 42.9. The fourth-order valence-electron chi connectivity index (χ4n) is 0.905. The zero-order valence-electron chi connectivity index (χ0n) is 7.44. The van der Waals surface area contributed by atoms with Crippen molar-refractivity contribution in [1.29, 1.82) is 0 Å².